The van der Waals surface area contributed by atoms with Crippen LogP contribution in [0.5, 0.6) is 0 Å². The molecule has 0 N–H and O–H groups in total. The molecular formula is C38H68. The maximum Gasteiger partial charge on any atom is -0.0411 e. The van der Waals surface area contributed by atoms with E-state index in [1.165, 1.54) is 12.8 Å². The minimum Gasteiger partial charge on any atom is -0.0651 e. The van der Waals surface area contributed by atoms with Crippen molar-refractivity contribution in [2.75, 3.05) is 0 Å². The van der Waals surface area contributed by atoms with Crippen molar-refractivity contribution in [1.29, 1.82) is 0 Å². The van der Waals surface area contributed by atoms with Gasteiger partial charge in [-0.1, -0.05) is 155 Å². The van der Waals surface area contributed by atoms with Crippen LogP contribution in [0, 0.1) is 59.2 Å². The van der Waals surface area contributed by atoms with Crippen molar-refractivity contribution in [3.05, 3.63) is 0 Å². The Kier molecular flexibility index (Phi) is 11.9. The molecule has 0 spiro atoms. The monoisotopic (exact) mass is 525 g/mol. The average Bonchev–Trinajstić information content (AvgIpc) is 2.97. The Labute approximate surface area is 239 Å². The van der Waals surface area contributed by atoms with Crippen LogP contribution in [0.25, 0.3) is 0 Å². The van der Waals surface area contributed by atoms with Gasteiger partial charge in [-0.15, -0.1) is 0 Å². The summed E-state index contributed by atoms with van der Waals surface area (Å²) >= 11 is 0. The molecule has 0 saturated heterocycles. The highest BCUT2D eigenvalue weighted by Gasteiger charge is 2.31. The van der Waals surface area contributed by atoms with Crippen LogP contribution in [0.3, 0.4) is 0 Å². The van der Waals surface area contributed by atoms with Gasteiger partial charge in [-0.2, -0.15) is 0 Å². The van der Waals surface area contributed by atoms with E-state index in [0.29, 0.717) is 0 Å². The Morgan fingerprint density at radius 2 is 0.368 bits per heavy atom. The molecule has 0 aromatic heterocycles. The second kappa shape index (κ2) is 15.3. The van der Waals surface area contributed by atoms with E-state index in [0.717, 1.165) is 59.2 Å². The summed E-state index contributed by atoms with van der Waals surface area (Å²) < 4.78 is 0. The van der Waals surface area contributed by atoms with Gasteiger partial charge in [0.1, 0.15) is 0 Å². The zero-order valence-electron chi connectivity index (χ0n) is 26.2. The van der Waals surface area contributed by atoms with Gasteiger partial charge in [0.2, 0.25) is 0 Å². The molecule has 38 heavy (non-hydrogen) atoms. The molecular weight excluding hydrogens is 456 g/mol. The van der Waals surface area contributed by atoms with E-state index in [4.69, 9.17) is 0 Å². The molecule has 5 rings (SSSR count). The van der Waals surface area contributed by atoms with E-state index < -0.39 is 0 Å². The Morgan fingerprint density at radius 1 is 0.237 bits per heavy atom. The minimum absolute atomic E-state index is 1.07. The molecule has 0 aromatic carbocycles. The lowest BCUT2D eigenvalue weighted by atomic mass is 9.68. The normalized spacial score (nSPS) is 43.1. The first-order valence-electron chi connectivity index (χ1n) is 18.7. The zero-order valence-corrected chi connectivity index (χ0v) is 26.2. The minimum atomic E-state index is 1.07. The third kappa shape index (κ3) is 9.00. The van der Waals surface area contributed by atoms with Crippen molar-refractivity contribution in [2.45, 2.75) is 181 Å². The van der Waals surface area contributed by atoms with Gasteiger partial charge in [0.25, 0.3) is 0 Å². The Balaban J connectivity index is 0.902. The summed E-state index contributed by atoms with van der Waals surface area (Å²) in [5.41, 5.74) is 0. The van der Waals surface area contributed by atoms with Gasteiger partial charge in [-0.25, -0.2) is 0 Å². The quantitative estimate of drug-likeness (QED) is 0.266. The first-order valence-corrected chi connectivity index (χ1v) is 18.7. The Hall–Kier alpha value is 0. The third-order valence-electron chi connectivity index (χ3n) is 13.7. The largest absolute Gasteiger partial charge is 0.0651 e. The van der Waals surface area contributed by atoms with Gasteiger partial charge in [0.05, 0.1) is 0 Å². The summed E-state index contributed by atoms with van der Waals surface area (Å²) in [4.78, 5) is 0. The van der Waals surface area contributed by atoms with E-state index in [9.17, 15) is 0 Å². The molecule has 0 unspecified atom stereocenters. The molecule has 0 nitrogen and oxygen atoms in total. The van der Waals surface area contributed by atoms with Crippen molar-refractivity contribution in [1.82, 2.24) is 0 Å². The van der Waals surface area contributed by atoms with Crippen LogP contribution >= 0.6 is 0 Å². The van der Waals surface area contributed by atoms with Crippen LogP contribution in [-0.2, 0) is 0 Å². The van der Waals surface area contributed by atoms with Crippen LogP contribution in [0.15, 0.2) is 0 Å². The summed E-state index contributed by atoms with van der Waals surface area (Å²) in [6, 6.07) is 0. The summed E-state index contributed by atoms with van der Waals surface area (Å²) in [6.07, 6.45) is 40.6. The number of rotatable bonds is 10. The second-order valence-corrected chi connectivity index (χ2v) is 16.2. The number of hydrogen-bond acceptors (Lipinski definition) is 0. The topological polar surface area (TPSA) is 0 Å². The molecule has 220 valence electrons. The maximum absolute atomic E-state index is 2.41. The highest BCUT2D eigenvalue weighted by atomic mass is 14.4. The maximum atomic E-state index is 2.41. The van der Waals surface area contributed by atoms with Gasteiger partial charge in [0.15, 0.2) is 0 Å². The van der Waals surface area contributed by atoms with Crippen molar-refractivity contribution in [3.63, 3.8) is 0 Å². The van der Waals surface area contributed by atoms with Crippen LogP contribution in [-0.4, -0.2) is 0 Å². The van der Waals surface area contributed by atoms with Gasteiger partial charge in [-0.05, 0) is 84.9 Å². The van der Waals surface area contributed by atoms with Crippen LogP contribution < -0.4 is 0 Å². The van der Waals surface area contributed by atoms with E-state index in [1.807, 2.05) is 0 Å². The smallest absolute Gasteiger partial charge is 0.0411 e. The van der Waals surface area contributed by atoms with Crippen LogP contribution in [0.2, 0.25) is 0 Å². The summed E-state index contributed by atoms with van der Waals surface area (Å²) in [7, 11) is 0. The van der Waals surface area contributed by atoms with Crippen LogP contribution in [0.1, 0.15) is 181 Å². The molecule has 5 saturated carbocycles. The Morgan fingerprint density at radius 3 is 0.500 bits per heavy atom. The fourth-order valence-corrected chi connectivity index (χ4v) is 10.7. The molecule has 0 amide bonds. The SMILES string of the molecule is CCC1CCC(CC2CCC(CC3CCC(CC4CCC(CC5CCC(CC)CC5)CC4)CC3)CC2)CC1. The van der Waals surface area contributed by atoms with Crippen molar-refractivity contribution in [3.8, 4) is 0 Å². The van der Waals surface area contributed by atoms with Crippen molar-refractivity contribution in [2.24, 2.45) is 59.2 Å². The first kappa shape index (κ1) is 29.5. The fraction of sp³-hybridized carbons (Fsp3) is 1.00. The molecule has 5 aliphatic carbocycles. The molecule has 0 radical (unpaired) electrons. The predicted octanol–water partition coefficient (Wildman–Crippen LogP) is 12.4. The predicted molar refractivity (Wildman–Crippen MR) is 166 cm³/mol. The summed E-state index contributed by atoms with van der Waals surface area (Å²) in [5.74, 6) is 10.9. The van der Waals surface area contributed by atoms with Gasteiger partial charge < -0.3 is 0 Å². The summed E-state index contributed by atoms with van der Waals surface area (Å²) in [5, 5.41) is 0. The zero-order chi connectivity index (χ0) is 26.2. The average molecular weight is 525 g/mol. The van der Waals surface area contributed by atoms with Crippen molar-refractivity contribution < 1.29 is 0 Å². The molecule has 5 fully saturated rings. The standard InChI is InChI=1S/C38H68/c1-3-29-5-9-31(10-6-29)25-33-13-17-35(18-14-33)27-37-21-23-38(24-22-37)28-36-19-15-34(16-20-36)26-32-11-7-30(4-2)8-12-32/h29-38H,3-28H2,1-2H3. The van der Waals surface area contributed by atoms with Gasteiger partial charge in [0, 0.05) is 0 Å². The molecule has 0 heterocycles. The molecule has 0 heteroatoms. The first-order chi connectivity index (χ1) is 18.7. The fourth-order valence-electron chi connectivity index (χ4n) is 10.7. The van der Waals surface area contributed by atoms with E-state index in [1.54, 1.807) is 154 Å². The van der Waals surface area contributed by atoms with E-state index >= 15 is 0 Å². The molecule has 0 atom stereocenters. The number of hydrogen-bond donors (Lipinski definition) is 0. The third-order valence-corrected chi connectivity index (χ3v) is 13.7. The second-order valence-electron chi connectivity index (χ2n) is 16.2. The molecule has 5 aliphatic rings. The lowest BCUT2D eigenvalue weighted by Crippen LogP contribution is -2.24. The van der Waals surface area contributed by atoms with E-state index in [-0.39, 0.29) is 0 Å². The van der Waals surface area contributed by atoms with Gasteiger partial charge >= 0.3 is 0 Å². The highest BCUT2D eigenvalue weighted by Crippen LogP contribution is 2.45. The molecule has 0 aliphatic heterocycles. The lowest BCUT2D eigenvalue weighted by molar-refractivity contribution is 0.146. The lowest BCUT2D eigenvalue weighted by Gasteiger charge is -2.37. The van der Waals surface area contributed by atoms with Crippen LogP contribution in [0.4, 0.5) is 0 Å². The molecule has 0 aromatic rings. The highest BCUT2D eigenvalue weighted by molar-refractivity contribution is 4.83. The molecule has 0 bridgehead atoms. The van der Waals surface area contributed by atoms with Crippen molar-refractivity contribution >= 4 is 0 Å². The summed E-state index contributed by atoms with van der Waals surface area (Å²) in [6.45, 7) is 4.81. The van der Waals surface area contributed by atoms with E-state index in [2.05, 4.69) is 13.8 Å². The van der Waals surface area contributed by atoms with Gasteiger partial charge in [-0.3, -0.25) is 0 Å². The Bertz CT molecular complexity index is 554.